The number of rotatable bonds is 6. The van der Waals surface area contributed by atoms with Crippen LogP contribution < -0.4 is 0 Å². The molecule has 0 aromatic carbocycles. The van der Waals surface area contributed by atoms with Crippen LogP contribution in [0.3, 0.4) is 0 Å². The Morgan fingerprint density at radius 1 is 1.42 bits per heavy atom. The van der Waals surface area contributed by atoms with Crippen LogP contribution in [-0.4, -0.2) is 20.5 Å². The first-order valence-electron chi connectivity index (χ1n) is 7.05. The van der Waals surface area contributed by atoms with Gasteiger partial charge in [0, 0.05) is 4.88 Å². The predicted octanol–water partition coefficient (Wildman–Crippen LogP) is 3.70. The Hall–Kier alpha value is -3.00. The molecular weight excluding hydrogens is 330 g/mol. The number of hydrogen-bond acceptors (Lipinski definition) is 6. The van der Waals surface area contributed by atoms with Crippen LogP contribution >= 0.6 is 11.3 Å². The van der Waals surface area contributed by atoms with Crippen molar-refractivity contribution >= 4 is 28.9 Å². The third kappa shape index (κ3) is 3.66. The predicted molar refractivity (Wildman–Crippen MR) is 89.1 cm³/mol. The fourth-order valence-electron chi connectivity index (χ4n) is 2.07. The molecule has 0 aliphatic heterocycles. The Morgan fingerprint density at radius 3 is 2.92 bits per heavy atom. The van der Waals surface area contributed by atoms with Crippen molar-refractivity contribution in [3.05, 3.63) is 74.1 Å². The smallest absolute Gasteiger partial charge is 0.307 e. The fourth-order valence-corrected chi connectivity index (χ4v) is 2.86. The molecule has 0 aliphatic rings. The van der Waals surface area contributed by atoms with Crippen LogP contribution in [0.4, 0.5) is 5.69 Å². The number of nitrogens with zero attached hydrogens (tertiary/aromatic N) is 3. The van der Waals surface area contributed by atoms with Gasteiger partial charge in [0.05, 0.1) is 16.3 Å². The first kappa shape index (κ1) is 15.9. The number of thiophene rings is 1. The lowest BCUT2D eigenvalue weighted by molar-refractivity contribution is -0.385. The van der Waals surface area contributed by atoms with Crippen molar-refractivity contribution in [3.63, 3.8) is 0 Å². The van der Waals surface area contributed by atoms with Gasteiger partial charge in [-0.2, -0.15) is 5.10 Å². The molecule has 24 heavy (non-hydrogen) atoms. The minimum Gasteiger partial charge on any atom is -0.460 e. The highest BCUT2D eigenvalue weighted by Crippen LogP contribution is 2.17. The summed E-state index contributed by atoms with van der Waals surface area (Å²) in [5, 5.41) is 14.5. The Balaban J connectivity index is 1.65. The van der Waals surface area contributed by atoms with Gasteiger partial charge in [-0.1, -0.05) is 0 Å². The number of allylic oxidation sites excluding steroid dienone is 1. The number of furan rings is 1. The first-order valence-corrected chi connectivity index (χ1v) is 7.87. The summed E-state index contributed by atoms with van der Waals surface area (Å²) in [7, 11) is 0. The average molecular weight is 343 g/mol. The molecule has 122 valence electrons. The van der Waals surface area contributed by atoms with E-state index in [2.05, 4.69) is 5.10 Å². The monoisotopic (exact) mass is 343 g/mol. The van der Waals surface area contributed by atoms with E-state index in [1.165, 1.54) is 34.5 Å². The molecule has 7 nitrogen and oxygen atoms in total. The van der Waals surface area contributed by atoms with Gasteiger partial charge in [-0.25, -0.2) is 0 Å². The van der Waals surface area contributed by atoms with E-state index in [1.54, 1.807) is 24.3 Å². The summed E-state index contributed by atoms with van der Waals surface area (Å²) in [6.45, 7) is 2.23. The molecule has 0 atom stereocenters. The van der Waals surface area contributed by atoms with E-state index in [0.717, 1.165) is 4.88 Å². The summed E-state index contributed by atoms with van der Waals surface area (Å²) in [5.74, 6) is 1.05. The molecule has 0 radical (unpaired) electrons. The van der Waals surface area contributed by atoms with Crippen LogP contribution in [-0.2, 0) is 6.54 Å². The molecule has 0 aliphatic carbocycles. The Morgan fingerprint density at radius 2 is 2.25 bits per heavy atom. The molecule has 0 unspecified atom stereocenters. The number of carbonyl (C=O) groups excluding carboxylic acids is 1. The minimum atomic E-state index is -0.502. The third-order valence-corrected chi connectivity index (χ3v) is 4.23. The van der Waals surface area contributed by atoms with Crippen molar-refractivity contribution in [2.75, 3.05) is 0 Å². The van der Waals surface area contributed by atoms with E-state index < -0.39 is 4.92 Å². The molecule has 3 aromatic heterocycles. The molecule has 0 bridgehead atoms. The molecule has 3 rings (SSSR count). The van der Waals surface area contributed by atoms with E-state index >= 15 is 0 Å². The number of ketones is 1. The average Bonchev–Trinajstić information content (AvgIpc) is 3.26. The molecule has 0 saturated heterocycles. The second-order valence-electron chi connectivity index (χ2n) is 5.07. The van der Waals surface area contributed by atoms with E-state index in [9.17, 15) is 14.9 Å². The van der Waals surface area contributed by atoms with Gasteiger partial charge in [0.1, 0.15) is 23.9 Å². The van der Waals surface area contributed by atoms with Crippen molar-refractivity contribution in [2.24, 2.45) is 0 Å². The maximum absolute atomic E-state index is 12.0. The summed E-state index contributed by atoms with van der Waals surface area (Å²) < 4.78 is 7.00. The van der Waals surface area contributed by atoms with Crippen LogP contribution in [0.15, 0.2) is 47.2 Å². The Kier molecular flexibility index (Phi) is 4.39. The Labute approximate surface area is 141 Å². The van der Waals surface area contributed by atoms with Gasteiger partial charge in [-0.15, -0.1) is 11.3 Å². The molecule has 0 fully saturated rings. The van der Waals surface area contributed by atoms with Gasteiger partial charge < -0.3 is 4.42 Å². The van der Waals surface area contributed by atoms with Gasteiger partial charge in [0.2, 0.25) is 0 Å². The molecule has 0 amide bonds. The summed E-state index contributed by atoms with van der Waals surface area (Å²) >= 11 is 1.44. The van der Waals surface area contributed by atoms with Crippen molar-refractivity contribution in [1.29, 1.82) is 0 Å². The molecule has 0 saturated carbocycles. The molecule has 0 N–H and O–H groups in total. The van der Waals surface area contributed by atoms with E-state index in [1.807, 2.05) is 13.0 Å². The lowest BCUT2D eigenvalue weighted by atomic mass is 10.3. The number of aromatic nitrogens is 2. The second kappa shape index (κ2) is 6.63. The zero-order chi connectivity index (χ0) is 17.1. The Bertz CT molecular complexity index is 919. The summed E-state index contributed by atoms with van der Waals surface area (Å²) in [5.41, 5.74) is -0.0708. The quantitative estimate of drug-likeness (QED) is 0.294. The van der Waals surface area contributed by atoms with Crippen LogP contribution in [0.2, 0.25) is 0 Å². The van der Waals surface area contributed by atoms with Gasteiger partial charge in [0.15, 0.2) is 5.78 Å². The highest BCUT2D eigenvalue weighted by atomic mass is 32.1. The molecule has 3 heterocycles. The summed E-state index contributed by atoms with van der Waals surface area (Å²) in [6.07, 6.45) is 5.59. The third-order valence-electron chi connectivity index (χ3n) is 3.21. The first-order chi connectivity index (χ1) is 11.5. The number of nitro groups is 1. The van der Waals surface area contributed by atoms with Crippen LogP contribution in [0.1, 0.15) is 26.1 Å². The maximum Gasteiger partial charge on any atom is 0.307 e. The highest BCUT2D eigenvalue weighted by molar-refractivity contribution is 7.14. The standard InChI is InChI=1S/C16H13N3O4S/c1-11-2-7-16(24-11)15(20)6-5-13-3-4-14(23-13)10-18-9-12(8-17-18)19(21)22/h2-9H,10H2,1H3/b6-5+. The minimum absolute atomic E-state index is 0.0708. The zero-order valence-electron chi connectivity index (χ0n) is 12.7. The van der Waals surface area contributed by atoms with Crippen molar-refractivity contribution in [2.45, 2.75) is 13.5 Å². The SMILES string of the molecule is Cc1ccc(C(=O)/C=C/c2ccc(Cn3cc([N+](=O)[O-])cn3)o2)s1. The number of hydrogen-bond donors (Lipinski definition) is 0. The largest absolute Gasteiger partial charge is 0.460 e. The normalized spacial score (nSPS) is 11.2. The lowest BCUT2D eigenvalue weighted by Gasteiger charge is -1.96. The van der Waals surface area contributed by atoms with Gasteiger partial charge >= 0.3 is 5.69 Å². The molecule has 8 heteroatoms. The molecule has 0 spiro atoms. The molecule has 3 aromatic rings. The van der Waals surface area contributed by atoms with Crippen LogP contribution in [0.25, 0.3) is 6.08 Å². The topological polar surface area (TPSA) is 91.2 Å². The summed E-state index contributed by atoms with van der Waals surface area (Å²) in [4.78, 5) is 23.9. The van der Waals surface area contributed by atoms with Gasteiger partial charge in [-0.3, -0.25) is 19.6 Å². The van der Waals surface area contributed by atoms with E-state index in [-0.39, 0.29) is 18.0 Å². The maximum atomic E-state index is 12.0. The van der Waals surface area contributed by atoms with E-state index in [0.29, 0.717) is 16.4 Å². The fraction of sp³-hybridized carbons (Fsp3) is 0.125. The highest BCUT2D eigenvalue weighted by Gasteiger charge is 2.10. The number of carbonyl (C=O) groups is 1. The lowest BCUT2D eigenvalue weighted by Crippen LogP contribution is -1.98. The van der Waals surface area contributed by atoms with Crippen molar-refractivity contribution < 1.29 is 14.1 Å². The van der Waals surface area contributed by atoms with Crippen molar-refractivity contribution in [3.8, 4) is 0 Å². The van der Waals surface area contributed by atoms with Crippen LogP contribution in [0, 0.1) is 17.0 Å². The molecular formula is C16H13N3O4S. The zero-order valence-corrected chi connectivity index (χ0v) is 13.5. The van der Waals surface area contributed by atoms with Gasteiger partial charge in [-0.05, 0) is 43.3 Å². The van der Waals surface area contributed by atoms with E-state index in [4.69, 9.17) is 4.42 Å². The van der Waals surface area contributed by atoms with Crippen LogP contribution in [0.5, 0.6) is 0 Å². The van der Waals surface area contributed by atoms with Gasteiger partial charge in [0.25, 0.3) is 0 Å². The number of aryl methyl sites for hydroxylation is 1. The van der Waals surface area contributed by atoms with Crippen molar-refractivity contribution in [1.82, 2.24) is 9.78 Å². The summed E-state index contributed by atoms with van der Waals surface area (Å²) in [6, 6.07) is 7.18. The second-order valence-corrected chi connectivity index (χ2v) is 6.35.